The summed E-state index contributed by atoms with van der Waals surface area (Å²) in [6.45, 7) is 4.96. The number of carbonyl (C=O) groups is 1. The number of hydrogen-bond acceptors (Lipinski definition) is 3. The van der Waals surface area contributed by atoms with Crippen molar-refractivity contribution in [1.29, 1.82) is 0 Å². The van der Waals surface area contributed by atoms with Crippen LogP contribution >= 0.6 is 21.6 Å². The first-order chi connectivity index (χ1) is 11.4. The van der Waals surface area contributed by atoms with Crippen LogP contribution < -0.4 is 5.32 Å². The summed E-state index contributed by atoms with van der Waals surface area (Å²) in [5, 5.41) is 4.40. The molecule has 5 rings (SSSR count). The minimum atomic E-state index is 0.137. The second-order valence-corrected chi connectivity index (χ2v) is 12.8. The molecule has 5 aliphatic rings. The van der Waals surface area contributed by atoms with Crippen LogP contribution in [0.25, 0.3) is 0 Å². The van der Waals surface area contributed by atoms with Crippen molar-refractivity contribution in [2.24, 2.45) is 16.7 Å². The predicted octanol–water partition coefficient (Wildman–Crippen LogP) is 5.57. The fourth-order valence-electron chi connectivity index (χ4n) is 7.17. The van der Waals surface area contributed by atoms with Crippen molar-refractivity contribution in [1.82, 2.24) is 5.32 Å². The maximum Gasteiger partial charge on any atom is 0.220 e. The van der Waals surface area contributed by atoms with Gasteiger partial charge in [0, 0.05) is 23.0 Å². The first-order valence-corrected chi connectivity index (χ1v) is 12.4. The van der Waals surface area contributed by atoms with E-state index in [9.17, 15) is 4.79 Å². The van der Waals surface area contributed by atoms with E-state index in [0.717, 1.165) is 24.0 Å². The quantitative estimate of drug-likeness (QED) is 0.492. The van der Waals surface area contributed by atoms with Gasteiger partial charge in [-0.3, -0.25) is 4.79 Å². The summed E-state index contributed by atoms with van der Waals surface area (Å²) in [5.74, 6) is 2.50. The highest BCUT2D eigenvalue weighted by molar-refractivity contribution is 8.77. The van der Waals surface area contributed by atoms with E-state index < -0.39 is 0 Å². The molecule has 4 bridgehead atoms. The van der Waals surface area contributed by atoms with Gasteiger partial charge in [0.1, 0.15) is 0 Å². The van der Waals surface area contributed by atoms with Crippen molar-refractivity contribution in [3.05, 3.63) is 0 Å². The molecule has 4 heteroatoms. The number of carbonyl (C=O) groups excluding carboxylic acids is 1. The van der Waals surface area contributed by atoms with Crippen LogP contribution in [0.1, 0.15) is 84.5 Å². The van der Waals surface area contributed by atoms with Gasteiger partial charge in [0.2, 0.25) is 5.91 Å². The zero-order valence-corrected chi connectivity index (χ0v) is 17.0. The molecule has 4 saturated carbocycles. The number of hydrogen-bond donors (Lipinski definition) is 1. The lowest BCUT2D eigenvalue weighted by Crippen LogP contribution is -2.65. The standard InChI is InChI=1S/C20H33NOS2/c1-18-9-15-10-19(2,12-18)14-20(11-15,13-18)21-17(22)6-4-3-5-16-7-8-23-24-16/h15-16H,3-14H2,1-2H3,(H,21,22)/t15?,16-,18-,19+,20?/m1/s1. The van der Waals surface area contributed by atoms with E-state index in [1.165, 1.54) is 63.5 Å². The minimum absolute atomic E-state index is 0.137. The Labute approximate surface area is 155 Å². The van der Waals surface area contributed by atoms with Gasteiger partial charge in [0.15, 0.2) is 0 Å². The van der Waals surface area contributed by atoms with Crippen molar-refractivity contribution < 1.29 is 4.79 Å². The lowest BCUT2D eigenvalue weighted by Gasteiger charge is -2.65. The lowest BCUT2D eigenvalue weighted by atomic mass is 9.43. The van der Waals surface area contributed by atoms with Crippen LogP contribution in [0.4, 0.5) is 0 Å². The third-order valence-corrected chi connectivity index (χ3v) is 9.94. The zero-order valence-electron chi connectivity index (χ0n) is 15.4. The summed E-state index contributed by atoms with van der Waals surface area (Å²) >= 11 is 0. The van der Waals surface area contributed by atoms with E-state index in [-0.39, 0.29) is 5.54 Å². The minimum Gasteiger partial charge on any atom is -0.351 e. The number of nitrogens with one attached hydrogen (secondary N) is 1. The van der Waals surface area contributed by atoms with Gasteiger partial charge in [-0.25, -0.2) is 0 Å². The molecule has 24 heavy (non-hydrogen) atoms. The van der Waals surface area contributed by atoms with Gasteiger partial charge in [0.05, 0.1) is 0 Å². The highest BCUT2D eigenvalue weighted by Gasteiger charge is 2.60. The first kappa shape index (κ1) is 17.6. The fraction of sp³-hybridized carbons (Fsp3) is 0.950. The van der Waals surface area contributed by atoms with Crippen LogP contribution in [0.3, 0.4) is 0 Å². The molecule has 5 fully saturated rings. The van der Waals surface area contributed by atoms with Crippen molar-refractivity contribution in [2.45, 2.75) is 95.3 Å². The molecular weight excluding hydrogens is 334 g/mol. The normalized spacial score (nSPS) is 46.4. The van der Waals surface area contributed by atoms with E-state index in [1.54, 1.807) is 0 Å². The molecule has 1 N–H and O–H groups in total. The molecule has 136 valence electrons. The zero-order chi connectivity index (χ0) is 16.8. The van der Waals surface area contributed by atoms with Gasteiger partial charge in [-0.2, -0.15) is 0 Å². The monoisotopic (exact) mass is 367 g/mol. The summed E-state index contributed by atoms with van der Waals surface area (Å²) in [7, 11) is 4.08. The summed E-state index contributed by atoms with van der Waals surface area (Å²) in [4.78, 5) is 12.6. The lowest BCUT2D eigenvalue weighted by molar-refractivity contribution is -0.139. The Morgan fingerprint density at radius 1 is 1.08 bits per heavy atom. The van der Waals surface area contributed by atoms with Gasteiger partial charge in [-0.15, -0.1) is 0 Å². The third-order valence-electron chi connectivity index (χ3n) is 6.94. The average molecular weight is 368 g/mol. The largest absolute Gasteiger partial charge is 0.351 e. The molecule has 0 spiro atoms. The highest BCUT2D eigenvalue weighted by Crippen LogP contribution is 2.66. The van der Waals surface area contributed by atoms with Gasteiger partial charge in [-0.1, -0.05) is 41.9 Å². The van der Waals surface area contributed by atoms with Crippen molar-refractivity contribution in [3.8, 4) is 0 Å². The summed E-state index contributed by atoms with van der Waals surface area (Å²) in [5.41, 5.74) is 1.11. The Bertz CT molecular complexity index is 484. The second kappa shape index (κ2) is 6.40. The van der Waals surface area contributed by atoms with E-state index in [4.69, 9.17) is 0 Å². The Kier molecular flexibility index (Phi) is 4.69. The molecular formula is C20H33NOS2. The van der Waals surface area contributed by atoms with E-state index >= 15 is 0 Å². The molecule has 4 aliphatic carbocycles. The summed E-state index contributed by atoms with van der Waals surface area (Å²) in [6.07, 6.45) is 13.6. The Morgan fingerprint density at radius 2 is 1.83 bits per heavy atom. The van der Waals surface area contributed by atoms with E-state index in [2.05, 4.69) is 30.0 Å². The first-order valence-electron chi connectivity index (χ1n) is 9.97. The van der Waals surface area contributed by atoms with Crippen molar-refractivity contribution >= 4 is 27.5 Å². The molecule has 0 aromatic heterocycles. The maximum atomic E-state index is 12.6. The Hall–Kier alpha value is 0.170. The summed E-state index contributed by atoms with van der Waals surface area (Å²) < 4.78 is 0. The van der Waals surface area contributed by atoms with E-state index in [1.807, 2.05) is 10.8 Å². The molecule has 1 heterocycles. The second-order valence-electron chi connectivity index (χ2n) is 10.0. The van der Waals surface area contributed by atoms with Crippen molar-refractivity contribution in [3.63, 3.8) is 0 Å². The highest BCUT2D eigenvalue weighted by atomic mass is 33.1. The van der Waals surface area contributed by atoms with Gasteiger partial charge >= 0.3 is 0 Å². The number of rotatable bonds is 6. The molecule has 0 radical (unpaired) electrons. The molecule has 0 aromatic rings. The van der Waals surface area contributed by atoms with Crippen LogP contribution in [-0.2, 0) is 4.79 Å². The Balaban J connectivity index is 1.27. The molecule has 2 unspecified atom stereocenters. The smallest absolute Gasteiger partial charge is 0.220 e. The fourth-order valence-corrected chi connectivity index (χ4v) is 10.2. The average Bonchev–Trinajstić information content (AvgIpc) is 2.92. The maximum absolute atomic E-state index is 12.6. The van der Waals surface area contributed by atoms with Crippen LogP contribution in [0.2, 0.25) is 0 Å². The van der Waals surface area contributed by atoms with Crippen molar-refractivity contribution in [2.75, 3.05) is 5.75 Å². The van der Waals surface area contributed by atoms with E-state index in [0.29, 0.717) is 16.7 Å². The third kappa shape index (κ3) is 3.65. The van der Waals surface area contributed by atoms with Gasteiger partial charge < -0.3 is 5.32 Å². The molecule has 0 aromatic carbocycles. The van der Waals surface area contributed by atoms with Crippen LogP contribution in [0, 0.1) is 16.7 Å². The van der Waals surface area contributed by atoms with Gasteiger partial charge in [0.25, 0.3) is 0 Å². The molecule has 1 amide bonds. The molecule has 2 nitrogen and oxygen atoms in total. The van der Waals surface area contributed by atoms with Crippen LogP contribution in [0.5, 0.6) is 0 Å². The van der Waals surface area contributed by atoms with Crippen LogP contribution in [-0.4, -0.2) is 22.4 Å². The Morgan fingerprint density at radius 3 is 2.46 bits per heavy atom. The topological polar surface area (TPSA) is 29.1 Å². The number of unbranched alkanes of at least 4 members (excludes halogenated alkanes) is 1. The van der Waals surface area contributed by atoms with Crippen LogP contribution in [0.15, 0.2) is 0 Å². The molecule has 1 aliphatic heterocycles. The predicted molar refractivity (Wildman–Crippen MR) is 105 cm³/mol. The molecule has 5 atom stereocenters. The van der Waals surface area contributed by atoms with Gasteiger partial charge in [-0.05, 0) is 74.5 Å². The summed E-state index contributed by atoms with van der Waals surface area (Å²) in [6, 6.07) is 0. The number of amides is 1. The molecule has 1 saturated heterocycles. The SMILES string of the molecule is C[C@]12CC3CC(NC(=O)CCCC[C@@H]4CCSS4)(C1)C[C@@](C)(C3)C2.